The van der Waals surface area contributed by atoms with E-state index < -0.39 is 0 Å². The lowest BCUT2D eigenvalue weighted by molar-refractivity contribution is 0.0748. The average Bonchev–Trinajstić information content (AvgIpc) is 2.44. The second-order valence-electron chi connectivity index (χ2n) is 4.54. The third kappa shape index (κ3) is 2.58. The average molecular weight is 195 g/mol. The lowest BCUT2D eigenvalue weighted by atomic mass is 9.88. The molecule has 0 aromatic heterocycles. The fraction of sp³-hybridized carbons (Fsp3) is 0.833. The summed E-state index contributed by atoms with van der Waals surface area (Å²) >= 11 is 0. The quantitative estimate of drug-likeness (QED) is 0.651. The SMILES string of the molecule is NC1C=C(C2CCOCC2)CCCC1. The Morgan fingerprint density at radius 1 is 1.14 bits per heavy atom. The standard InChI is InChI=1S/C12H21NO/c13-12-4-2-1-3-11(9-12)10-5-7-14-8-6-10/h9-10,12H,1-8,13H2. The summed E-state index contributed by atoms with van der Waals surface area (Å²) in [6, 6.07) is 0.315. The van der Waals surface area contributed by atoms with Crippen molar-refractivity contribution < 1.29 is 4.74 Å². The number of hydrogen-bond donors (Lipinski definition) is 1. The molecule has 0 aromatic carbocycles. The molecule has 0 aromatic rings. The summed E-state index contributed by atoms with van der Waals surface area (Å²) in [4.78, 5) is 0. The zero-order valence-corrected chi connectivity index (χ0v) is 8.87. The van der Waals surface area contributed by atoms with Gasteiger partial charge in [-0.15, -0.1) is 0 Å². The van der Waals surface area contributed by atoms with Crippen LogP contribution in [-0.2, 0) is 4.74 Å². The number of rotatable bonds is 1. The maximum atomic E-state index is 6.02. The van der Waals surface area contributed by atoms with E-state index in [1.165, 1.54) is 38.5 Å². The molecule has 1 aliphatic heterocycles. The summed E-state index contributed by atoms with van der Waals surface area (Å²) in [7, 11) is 0. The Labute approximate surface area is 86.5 Å². The molecule has 0 amide bonds. The van der Waals surface area contributed by atoms with Crippen LogP contribution >= 0.6 is 0 Å². The van der Waals surface area contributed by atoms with Crippen LogP contribution in [0.25, 0.3) is 0 Å². The molecular formula is C12H21NO. The molecule has 14 heavy (non-hydrogen) atoms. The topological polar surface area (TPSA) is 35.2 Å². The minimum absolute atomic E-state index is 0.315. The Bertz CT molecular complexity index is 206. The van der Waals surface area contributed by atoms with Crippen LogP contribution in [0.4, 0.5) is 0 Å². The Hall–Kier alpha value is -0.340. The second kappa shape index (κ2) is 4.94. The highest BCUT2D eigenvalue weighted by molar-refractivity contribution is 5.12. The Morgan fingerprint density at radius 3 is 2.71 bits per heavy atom. The Balaban J connectivity index is 1.98. The van der Waals surface area contributed by atoms with E-state index in [2.05, 4.69) is 6.08 Å². The highest BCUT2D eigenvalue weighted by Gasteiger charge is 2.20. The van der Waals surface area contributed by atoms with Crippen molar-refractivity contribution in [1.82, 2.24) is 0 Å². The van der Waals surface area contributed by atoms with Crippen LogP contribution in [0.15, 0.2) is 11.6 Å². The van der Waals surface area contributed by atoms with Gasteiger partial charge in [-0.05, 0) is 38.0 Å². The van der Waals surface area contributed by atoms with Crippen LogP contribution < -0.4 is 5.73 Å². The molecule has 2 nitrogen and oxygen atoms in total. The van der Waals surface area contributed by atoms with E-state index in [9.17, 15) is 0 Å². The summed E-state index contributed by atoms with van der Waals surface area (Å²) < 4.78 is 5.39. The summed E-state index contributed by atoms with van der Waals surface area (Å²) in [6.07, 6.45) is 9.83. The zero-order chi connectivity index (χ0) is 9.80. The Morgan fingerprint density at radius 2 is 1.93 bits per heavy atom. The maximum Gasteiger partial charge on any atom is 0.0471 e. The van der Waals surface area contributed by atoms with Crippen molar-refractivity contribution in [3.05, 3.63) is 11.6 Å². The maximum absolute atomic E-state index is 6.02. The predicted octanol–water partition coefficient (Wildman–Crippen LogP) is 2.24. The number of nitrogens with two attached hydrogens (primary N) is 1. The number of ether oxygens (including phenoxy) is 1. The normalized spacial score (nSPS) is 30.9. The molecular weight excluding hydrogens is 174 g/mol. The van der Waals surface area contributed by atoms with Gasteiger partial charge >= 0.3 is 0 Å². The lowest BCUT2D eigenvalue weighted by Crippen LogP contribution is -2.20. The van der Waals surface area contributed by atoms with E-state index in [0.717, 1.165) is 19.1 Å². The first-order valence-electron chi connectivity index (χ1n) is 5.90. The summed E-state index contributed by atoms with van der Waals surface area (Å²) in [5.41, 5.74) is 7.65. The molecule has 0 radical (unpaired) electrons. The van der Waals surface area contributed by atoms with E-state index in [4.69, 9.17) is 10.5 Å². The largest absolute Gasteiger partial charge is 0.381 e. The van der Waals surface area contributed by atoms with Gasteiger partial charge in [0.25, 0.3) is 0 Å². The first-order chi connectivity index (χ1) is 6.86. The molecule has 2 N–H and O–H groups in total. The van der Waals surface area contributed by atoms with Gasteiger partial charge in [0.1, 0.15) is 0 Å². The molecule has 1 fully saturated rings. The molecule has 1 heterocycles. The van der Waals surface area contributed by atoms with Crippen molar-refractivity contribution in [2.24, 2.45) is 11.7 Å². The van der Waals surface area contributed by atoms with Crippen LogP contribution in [0.3, 0.4) is 0 Å². The molecule has 0 bridgehead atoms. The summed E-state index contributed by atoms with van der Waals surface area (Å²) in [5.74, 6) is 0.771. The number of allylic oxidation sites excluding steroid dienone is 1. The minimum Gasteiger partial charge on any atom is -0.381 e. The van der Waals surface area contributed by atoms with Gasteiger partial charge in [-0.3, -0.25) is 0 Å². The monoisotopic (exact) mass is 195 g/mol. The minimum atomic E-state index is 0.315. The Kier molecular flexibility index (Phi) is 3.60. The molecule has 1 unspecified atom stereocenters. The molecule has 1 aliphatic carbocycles. The summed E-state index contributed by atoms with van der Waals surface area (Å²) in [6.45, 7) is 1.88. The van der Waals surface area contributed by atoms with Crippen LogP contribution in [0.5, 0.6) is 0 Å². The van der Waals surface area contributed by atoms with Gasteiger partial charge in [0.15, 0.2) is 0 Å². The van der Waals surface area contributed by atoms with Crippen molar-refractivity contribution in [2.75, 3.05) is 13.2 Å². The van der Waals surface area contributed by atoms with Crippen molar-refractivity contribution in [1.29, 1.82) is 0 Å². The fourth-order valence-electron chi connectivity index (χ4n) is 2.56. The molecule has 0 spiro atoms. The van der Waals surface area contributed by atoms with Crippen molar-refractivity contribution in [3.8, 4) is 0 Å². The lowest BCUT2D eigenvalue weighted by Gasteiger charge is -2.24. The van der Waals surface area contributed by atoms with Gasteiger partial charge < -0.3 is 10.5 Å². The second-order valence-corrected chi connectivity index (χ2v) is 4.54. The highest BCUT2D eigenvalue weighted by Crippen LogP contribution is 2.29. The van der Waals surface area contributed by atoms with Crippen molar-refractivity contribution >= 4 is 0 Å². The molecule has 1 saturated heterocycles. The third-order valence-electron chi connectivity index (χ3n) is 3.43. The molecule has 1 atom stereocenters. The van der Waals surface area contributed by atoms with Crippen LogP contribution in [0, 0.1) is 5.92 Å². The van der Waals surface area contributed by atoms with E-state index in [0.29, 0.717) is 6.04 Å². The highest BCUT2D eigenvalue weighted by atomic mass is 16.5. The van der Waals surface area contributed by atoms with Crippen LogP contribution in [-0.4, -0.2) is 19.3 Å². The zero-order valence-electron chi connectivity index (χ0n) is 8.87. The fourth-order valence-corrected chi connectivity index (χ4v) is 2.56. The van der Waals surface area contributed by atoms with E-state index >= 15 is 0 Å². The molecule has 0 saturated carbocycles. The van der Waals surface area contributed by atoms with Gasteiger partial charge in [-0.25, -0.2) is 0 Å². The first kappa shape index (κ1) is 10.2. The van der Waals surface area contributed by atoms with Gasteiger partial charge in [-0.2, -0.15) is 0 Å². The van der Waals surface area contributed by atoms with Crippen LogP contribution in [0.1, 0.15) is 38.5 Å². The van der Waals surface area contributed by atoms with Crippen LogP contribution in [0.2, 0.25) is 0 Å². The molecule has 80 valence electrons. The summed E-state index contributed by atoms with van der Waals surface area (Å²) in [5, 5.41) is 0. The molecule has 2 heteroatoms. The van der Waals surface area contributed by atoms with Crippen molar-refractivity contribution in [2.45, 2.75) is 44.6 Å². The van der Waals surface area contributed by atoms with Gasteiger partial charge in [0.2, 0.25) is 0 Å². The predicted molar refractivity (Wildman–Crippen MR) is 58.1 cm³/mol. The van der Waals surface area contributed by atoms with E-state index in [1.54, 1.807) is 5.57 Å². The number of hydrogen-bond acceptors (Lipinski definition) is 2. The van der Waals surface area contributed by atoms with Gasteiger partial charge in [0.05, 0.1) is 0 Å². The first-order valence-corrected chi connectivity index (χ1v) is 5.90. The molecule has 2 aliphatic rings. The van der Waals surface area contributed by atoms with Gasteiger partial charge in [0, 0.05) is 19.3 Å². The molecule has 2 rings (SSSR count). The van der Waals surface area contributed by atoms with Gasteiger partial charge in [-0.1, -0.05) is 18.1 Å². The van der Waals surface area contributed by atoms with Crippen molar-refractivity contribution in [3.63, 3.8) is 0 Å². The third-order valence-corrected chi connectivity index (χ3v) is 3.43. The van der Waals surface area contributed by atoms with E-state index in [1.807, 2.05) is 0 Å². The smallest absolute Gasteiger partial charge is 0.0471 e. The van der Waals surface area contributed by atoms with E-state index in [-0.39, 0.29) is 0 Å².